The lowest BCUT2D eigenvalue weighted by atomic mass is 10.1. The maximum atomic E-state index is 9.78. The minimum Gasteiger partial charge on any atom is -0.507 e. The minimum atomic E-state index is 0.198. The molecule has 0 saturated heterocycles. The summed E-state index contributed by atoms with van der Waals surface area (Å²) in [6.45, 7) is 0. The summed E-state index contributed by atoms with van der Waals surface area (Å²) in [5.41, 5.74) is 12.1. The van der Waals surface area contributed by atoms with Crippen molar-refractivity contribution in [1.82, 2.24) is 0 Å². The molecule has 6 aromatic rings. The predicted octanol–water partition coefficient (Wildman–Crippen LogP) is 8.49. The van der Waals surface area contributed by atoms with Crippen LogP contribution in [0.4, 0.5) is 0 Å². The molecule has 2 aliphatic carbocycles. The van der Waals surface area contributed by atoms with Gasteiger partial charge in [0.15, 0.2) is 0 Å². The van der Waals surface area contributed by atoms with Crippen LogP contribution in [0.15, 0.2) is 166 Å². The van der Waals surface area contributed by atoms with E-state index < -0.39 is 0 Å². The third kappa shape index (κ3) is 5.51. The molecule has 0 saturated carbocycles. The second-order valence-electron chi connectivity index (χ2n) is 10.7. The summed E-state index contributed by atoms with van der Waals surface area (Å²) in [6, 6.07) is 46.9. The van der Waals surface area contributed by atoms with Gasteiger partial charge in [-0.25, -0.2) is 0 Å². The molecule has 6 nitrogen and oxygen atoms in total. The summed E-state index contributed by atoms with van der Waals surface area (Å²) in [5, 5.41) is 36.8. The Balaban J connectivity index is 0.000000147. The van der Waals surface area contributed by atoms with Gasteiger partial charge < -0.3 is 10.2 Å². The summed E-state index contributed by atoms with van der Waals surface area (Å²) in [6.07, 6.45) is 3.15. The summed E-state index contributed by atoms with van der Waals surface area (Å²) < 4.78 is 0. The fourth-order valence-corrected chi connectivity index (χ4v) is 5.69. The van der Waals surface area contributed by atoms with E-state index in [0.717, 1.165) is 33.7 Å². The van der Waals surface area contributed by atoms with Gasteiger partial charge in [-0.3, -0.25) is 0 Å². The van der Waals surface area contributed by atoms with Crippen molar-refractivity contribution in [3.05, 3.63) is 179 Å². The van der Waals surface area contributed by atoms with Crippen molar-refractivity contribution in [2.75, 3.05) is 0 Å². The van der Waals surface area contributed by atoms with Gasteiger partial charge in [-0.1, -0.05) is 121 Å². The first-order valence-corrected chi connectivity index (χ1v) is 14.9. The molecule has 2 aliphatic rings. The molecule has 0 spiro atoms. The maximum Gasteiger partial charge on any atom is 0.124 e. The van der Waals surface area contributed by atoms with Gasteiger partial charge in [0.05, 0.1) is 12.4 Å². The van der Waals surface area contributed by atoms with E-state index in [1.165, 1.54) is 22.3 Å². The van der Waals surface area contributed by atoms with Gasteiger partial charge in [-0.05, 0) is 46.5 Å². The number of aromatic hydroxyl groups is 2. The van der Waals surface area contributed by atoms with Crippen molar-refractivity contribution in [3.8, 4) is 33.8 Å². The number of benzene rings is 6. The lowest BCUT2D eigenvalue weighted by Gasteiger charge is -1.99. The van der Waals surface area contributed by atoms with Crippen LogP contribution in [0.3, 0.4) is 0 Å². The summed E-state index contributed by atoms with van der Waals surface area (Å²) >= 11 is 0. The lowest BCUT2D eigenvalue weighted by molar-refractivity contribution is 0.474. The van der Waals surface area contributed by atoms with Crippen molar-refractivity contribution in [2.24, 2.45) is 20.4 Å². The van der Waals surface area contributed by atoms with Gasteiger partial charge in [-0.15, -0.1) is 10.2 Å². The zero-order chi connectivity index (χ0) is 31.3. The molecular formula is C40H28N4O2. The van der Waals surface area contributed by atoms with E-state index >= 15 is 0 Å². The number of fused-ring (bicyclic) bond motifs is 6. The van der Waals surface area contributed by atoms with Crippen LogP contribution in [-0.4, -0.2) is 34.1 Å². The number of hydrogen-bond donors (Lipinski definition) is 2. The topological polar surface area (TPSA) is 89.9 Å². The second-order valence-corrected chi connectivity index (χ2v) is 10.7. The SMILES string of the molecule is Oc1ccccc1/C=N/N=C1c2ccccc2-c2ccccc21.Oc1ccccc1/C=N/N=C1c2ccccc2-c2ccccc21. The molecule has 2 N–H and O–H groups in total. The van der Waals surface area contributed by atoms with Crippen molar-refractivity contribution in [1.29, 1.82) is 0 Å². The smallest absolute Gasteiger partial charge is 0.124 e. The molecule has 0 amide bonds. The zero-order valence-electron chi connectivity index (χ0n) is 24.7. The third-order valence-corrected chi connectivity index (χ3v) is 7.89. The first-order valence-electron chi connectivity index (χ1n) is 14.9. The fraction of sp³-hybridized carbons (Fsp3) is 0. The van der Waals surface area contributed by atoms with Crippen LogP contribution < -0.4 is 0 Å². The molecule has 0 atom stereocenters. The average Bonchev–Trinajstić information content (AvgIpc) is 3.60. The normalized spacial score (nSPS) is 12.3. The predicted molar refractivity (Wildman–Crippen MR) is 186 cm³/mol. The Morgan fingerprint density at radius 2 is 0.587 bits per heavy atom. The van der Waals surface area contributed by atoms with E-state index in [2.05, 4.69) is 68.9 Å². The Morgan fingerprint density at radius 1 is 0.326 bits per heavy atom. The summed E-state index contributed by atoms with van der Waals surface area (Å²) in [4.78, 5) is 0. The van der Waals surface area contributed by atoms with Gasteiger partial charge in [0.2, 0.25) is 0 Å². The molecule has 0 unspecified atom stereocenters. The highest BCUT2D eigenvalue weighted by Crippen LogP contribution is 2.37. The van der Waals surface area contributed by atoms with E-state index in [4.69, 9.17) is 0 Å². The Hall–Kier alpha value is -6.40. The molecule has 0 heterocycles. The number of hydrogen-bond acceptors (Lipinski definition) is 6. The van der Waals surface area contributed by atoms with E-state index in [9.17, 15) is 10.2 Å². The van der Waals surface area contributed by atoms with Crippen LogP contribution in [0.1, 0.15) is 33.4 Å². The molecule has 8 rings (SSSR count). The highest BCUT2D eigenvalue weighted by atomic mass is 16.3. The van der Waals surface area contributed by atoms with Gasteiger partial charge in [0.25, 0.3) is 0 Å². The van der Waals surface area contributed by atoms with Crippen LogP contribution >= 0.6 is 0 Å². The van der Waals surface area contributed by atoms with E-state index in [-0.39, 0.29) is 11.5 Å². The Labute approximate surface area is 266 Å². The van der Waals surface area contributed by atoms with Crippen LogP contribution in [-0.2, 0) is 0 Å². The molecule has 0 bridgehead atoms. The molecule has 0 radical (unpaired) electrons. The Kier molecular flexibility index (Phi) is 7.82. The van der Waals surface area contributed by atoms with Gasteiger partial charge in [0.1, 0.15) is 22.9 Å². The fourth-order valence-electron chi connectivity index (χ4n) is 5.69. The second kappa shape index (κ2) is 12.7. The van der Waals surface area contributed by atoms with Crippen molar-refractivity contribution < 1.29 is 10.2 Å². The largest absolute Gasteiger partial charge is 0.507 e. The van der Waals surface area contributed by atoms with Crippen molar-refractivity contribution in [2.45, 2.75) is 0 Å². The molecule has 6 aromatic carbocycles. The quantitative estimate of drug-likeness (QED) is 0.158. The molecule has 0 fully saturated rings. The standard InChI is InChI=1S/2C20H14N2O/c2*23-19-12-6-1-7-14(19)13-21-22-20-17-10-4-2-8-15(17)16-9-3-5-11-18(16)20/h2*1-13,23H/b2*21-13+. The zero-order valence-corrected chi connectivity index (χ0v) is 24.7. The van der Waals surface area contributed by atoms with Crippen LogP contribution in [0, 0.1) is 0 Å². The maximum absolute atomic E-state index is 9.78. The summed E-state index contributed by atoms with van der Waals surface area (Å²) in [5.74, 6) is 0.396. The first-order chi connectivity index (χ1) is 22.7. The van der Waals surface area contributed by atoms with Crippen molar-refractivity contribution in [3.63, 3.8) is 0 Å². The van der Waals surface area contributed by atoms with Crippen LogP contribution in [0.2, 0.25) is 0 Å². The van der Waals surface area contributed by atoms with Crippen LogP contribution in [0.5, 0.6) is 11.5 Å². The van der Waals surface area contributed by atoms with Gasteiger partial charge >= 0.3 is 0 Å². The van der Waals surface area contributed by atoms with Crippen LogP contribution in [0.25, 0.3) is 22.3 Å². The minimum absolute atomic E-state index is 0.198. The molecule has 0 aliphatic heterocycles. The molecule has 6 heteroatoms. The van der Waals surface area contributed by atoms with E-state index in [1.54, 1.807) is 48.8 Å². The Bertz CT molecular complexity index is 1940. The number of para-hydroxylation sites is 2. The number of phenols is 2. The van der Waals surface area contributed by atoms with Gasteiger partial charge in [0, 0.05) is 33.4 Å². The number of nitrogens with zero attached hydrogens (tertiary/aromatic N) is 4. The van der Waals surface area contributed by atoms with Crippen molar-refractivity contribution >= 4 is 23.9 Å². The molecule has 220 valence electrons. The number of phenolic OH excluding ortho intramolecular Hbond substituents is 2. The third-order valence-electron chi connectivity index (χ3n) is 7.89. The first kappa shape index (κ1) is 28.4. The highest BCUT2D eigenvalue weighted by Gasteiger charge is 2.25. The Morgan fingerprint density at radius 3 is 0.891 bits per heavy atom. The molecule has 0 aromatic heterocycles. The van der Waals surface area contributed by atoms with E-state index in [1.807, 2.05) is 60.7 Å². The molecular weight excluding hydrogens is 568 g/mol. The van der Waals surface area contributed by atoms with E-state index in [0.29, 0.717) is 11.1 Å². The summed E-state index contributed by atoms with van der Waals surface area (Å²) in [7, 11) is 0. The average molecular weight is 597 g/mol. The monoisotopic (exact) mass is 596 g/mol. The van der Waals surface area contributed by atoms with Gasteiger partial charge in [-0.2, -0.15) is 10.2 Å². The molecule has 46 heavy (non-hydrogen) atoms. The lowest BCUT2D eigenvalue weighted by Crippen LogP contribution is -1.97. The highest BCUT2D eigenvalue weighted by molar-refractivity contribution is 6.25. The number of rotatable bonds is 4.